The van der Waals surface area contributed by atoms with Gasteiger partial charge in [0.15, 0.2) is 0 Å². The zero-order chi connectivity index (χ0) is 21.9. The zero-order valence-corrected chi connectivity index (χ0v) is 17.0. The molecule has 5 rings (SSSR count). The number of primary amides is 1. The van der Waals surface area contributed by atoms with Crippen LogP contribution in [0.5, 0.6) is 11.5 Å². The lowest BCUT2D eigenvalue weighted by Crippen LogP contribution is -2.46. The van der Waals surface area contributed by atoms with Crippen molar-refractivity contribution >= 4 is 29.5 Å². The summed E-state index contributed by atoms with van der Waals surface area (Å²) in [4.78, 5) is 42.6. The normalized spacial score (nSPS) is 25.9. The van der Waals surface area contributed by atoms with Gasteiger partial charge in [0.1, 0.15) is 17.5 Å². The zero-order valence-electron chi connectivity index (χ0n) is 17.0. The highest BCUT2D eigenvalue weighted by molar-refractivity contribution is 6.24. The number of rotatable bonds is 4. The molecule has 8 heteroatoms. The lowest BCUT2D eigenvalue weighted by molar-refractivity contribution is -0.129. The van der Waals surface area contributed by atoms with E-state index in [0.717, 1.165) is 16.0 Å². The van der Waals surface area contributed by atoms with Crippen LogP contribution >= 0.6 is 0 Å². The fraction of sp³-hybridized carbons (Fsp3) is 0.261. The molecule has 0 saturated carbocycles. The van der Waals surface area contributed by atoms with Gasteiger partial charge in [0.2, 0.25) is 17.7 Å². The van der Waals surface area contributed by atoms with Crippen molar-refractivity contribution in [3.8, 4) is 11.5 Å². The Morgan fingerprint density at radius 3 is 2.45 bits per heavy atom. The Labute approximate surface area is 178 Å². The summed E-state index contributed by atoms with van der Waals surface area (Å²) < 4.78 is 10.7. The number of hydrogen-bond donors (Lipinski definition) is 1. The first-order valence-corrected chi connectivity index (χ1v) is 9.91. The van der Waals surface area contributed by atoms with E-state index in [1.807, 2.05) is 30.3 Å². The summed E-state index contributed by atoms with van der Waals surface area (Å²) in [6.45, 7) is 0. The number of imide groups is 1. The number of benzene rings is 2. The van der Waals surface area contributed by atoms with Crippen molar-refractivity contribution in [3.05, 3.63) is 59.8 Å². The highest BCUT2D eigenvalue weighted by atomic mass is 16.5. The molecule has 2 aromatic carbocycles. The minimum Gasteiger partial charge on any atom is -0.497 e. The Morgan fingerprint density at radius 1 is 1.00 bits per heavy atom. The van der Waals surface area contributed by atoms with Gasteiger partial charge in [0.05, 0.1) is 37.8 Å². The highest BCUT2D eigenvalue weighted by Gasteiger charge is 2.64. The van der Waals surface area contributed by atoms with Gasteiger partial charge in [0, 0.05) is 12.3 Å². The fourth-order valence-electron chi connectivity index (χ4n) is 5.09. The molecule has 3 amide bonds. The predicted molar refractivity (Wildman–Crippen MR) is 112 cm³/mol. The van der Waals surface area contributed by atoms with Gasteiger partial charge in [-0.3, -0.25) is 14.4 Å². The van der Waals surface area contributed by atoms with E-state index in [4.69, 9.17) is 15.2 Å². The van der Waals surface area contributed by atoms with E-state index in [9.17, 15) is 14.4 Å². The second-order valence-electron chi connectivity index (χ2n) is 7.79. The molecular weight excluding hydrogens is 398 g/mol. The first kappa shape index (κ1) is 19.2. The van der Waals surface area contributed by atoms with Crippen molar-refractivity contribution in [3.63, 3.8) is 0 Å². The Balaban J connectivity index is 1.66. The van der Waals surface area contributed by atoms with E-state index in [0.29, 0.717) is 17.2 Å². The maximum atomic E-state index is 13.7. The molecule has 2 aromatic rings. The van der Waals surface area contributed by atoms with Crippen molar-refractivity contribution in [2.75, 3.05) is 19.1 Å². The minimum absolute atomic E-state index is 0.292. The first-order chi connectivity index (χ1) is 15.0. The monoisotopic (exact) mass is 419 g/mol. The minimum atomic E-state index is -0.919. The van der Waals surface area contributed by atoms with Crippen LogP contribution in [-0.4, -0.2) is 42.9 Å². The topological polar surface area (TPSA) is 102 Å². The van der Waals surface area contributed by atoms with Crippen molar-refractivity contribution in [1.82, 2.24) is 4.90 Å². The Bertz CT molecular complexity index is 1140. The van der Waals surface area contributed by atoms with E-state index in [2.05, 4.69) is 0 Å². The molecular formula is C23H21N3O5. The summed E-state index contributed by atoms with van der Waals surface area (Å²) >= 11 is 0. The first-order valence-electron chi connectivity index (χ1n) is 9.91. The summed E-state index contributed by atoms with van der Waals surface area (Å²) in [5, 5.41) is 0. The summed E-state index contributed by atoms with van der Waals surface area (Å²) in [6.07, 6.45) is 3.64. The maximum Gasteiger partial charge on any atom is 0.240 e. The van der Waals surface area contributed by atoms with E-state index < -0.39 is 35.7 Å². The molecule has 0 aromatic heterocycles. The number of methoxy groups -OCH3 is 2. The van der Waals surface area contributed by atoms with Crippen molar-refractivity contribution in [2.24, 2.45) is 17.6 Å². The van der Waals surface area contributed by atoms with Crippen LogP contribution in [0.4, 0.5) is 5.69 Å². The molecule has 4 atom stereocenters. The summed E-state index contributed by atoms with van der Waals surface area (Å²) in [7, 11) is 2.97. The Kier molecular flexibility index (Phi) is 4.25. The molecule has 3 aliphatic heterocycles. The van der Waals surface area contributed by atoms with Crippen LogP contribution in [0.3, 0.4) is 0 Å². The van der Waals surface area contributed by atoms with Crippen LogP contribution in [0.15, 0.2) is 48.7 Å². The van der Waals surface area contributed by atoms with E-state index in [-0.39, 0.29) is 5.91 Å². The van der Waals surface area contributed by atoms with Gasteiger partial charge in [-0.15, -0.1) is 0 Å². The molecule has 2 N–H and O–H groups in total. The van der Waals surface area contributed by atoms with E-state index >= 15 is 0 Å². The molecule has 0 bridgehead atoms. The van der Waals surface area contributed by atoms with Gasteiger partial charge in [-0.05, 0) is 29.3 Å². The number of nitrogens with zero attached hydrogens (tertiary/aromatic N) is 2. The third-order valence-corrected chi connectivity index (χ3v) is 6.38. The average Bonchev–Trinajstić information content (AvgIpc) is 3.26. The molecule has 0 radical (unpaired) electrons. The third kappa shape index (κ3) is 2.57. The van der Waals surface area contributed by atoms with E-state index in [1.54, 1.807) is 29.3 Å². The highest BCUT2D eigenvalue weighted by Crippen LogP contribution is 2.53. The van der Waals surface area contributed by atoms with Crippen molar-refractivity contribution in [2.45, 2.75) is 12.1 Å². The molecule has 0 spiro atoms. The lowest BCUT2D eigenvalue weighted by atomic mass is 9.84. The largest absolute Gasteiger partial charge is 0.497 e. The molecule has 0 aliphatic carbocycles. The van der Waals surface area contributed by atoms with Crippen molar-refractivity contribution < 1.29 is 23.9 Å². The maximum absolute atomic E-state index is 13.7. The predicted octanol–water partition coefficient (Wildman–Crippen LogP) is 1.70. The third-order valence-electron chi connectivity index (χ3n) is 6.38. The van der Waals surface area contributed by atoms with Gasteiger partial charge < -0.3 is 20.1 Å². The van der Waals surface area contributed by atoms with Crippen LogP contribution in [0.25, 0.3) is 6.08 Å². The molecule has 2 saturated heterocycles. The number of nitrogens with two attached hydrogens (primary N) is 1. The number of ether oxygens (including phenoxy) is 2. The fourth-order valence-corrected chi connectivity index (χ4v) is 5.09. The quantitative estimate of drug-likeness (QED) is 0.757. The molecule has 3 heterocycles. The van der Waals surface area contributed by atoms with Gasteiger partial charge in [-0.2, -0.15) is 0 Å². The summed E-state index contributed by atoms with van der Waals surface area (Å²) in [5.74, 6) is -2.28. The number of carbonyl (C=O) groups excluding carboxylic acids is 3. The number of hydrogen-bond acceptors (Lipinski definition) is 6. The van der Waals surface area contributed by atoms with Crippen molar-refractivity contribution in [1.29, 1.82) is 0 Å². The van der Waals surface area contributed by atoms with Crippen LogP contribution in [0.1, 0.15) is 17.2 Å². The number of carbonyl (C=O) groups is 3. The molecule has 158 valence electrons. The summed E-state index contributed by atoms with van der Waals surface area (Å²) in [6, 6.07) is 11.2. The molecule has 31 heavy (non-hydrogen) atoms. The summed E-state index contributed by atoms with van der Waals surface area (Å²) in [5.41, 5.74) is 7.87. The van der Waals surface area contributed by atoms with Gasteiger partial charge >= 0.3 is 0 Å². The lowest BCUT2D eigenvalue weighted by Gasteiger charge is -2.34. The SMILES string of the molecule is COc1ccc(OC)c(N2C(=O)[C@@H]3[C@H](C2=O)[C@@H]2c4ccccc4C=CN2[C@H]3C(N)=O)c1. The van der Waals surface area contributed by atoms with Gasteiger partial charge in [-0.25, -0.2) is 4.90 Å². The standard InChI is InChI=1S/C23H21N3O5/c1-30-13-7-8-16(31-2)15(11-13)26-22(28)17-18(23(26)29)20(21(24)27)25-10-9-12-5-3-4-6-14(12)19(17)25/h3-11,17-20H,1-2H3,(H2,24,27)/t17-,18+,19-,20+/m0/s1. The smallest absolute Gasteiger partial charge is 0.240 e. The second kappa shape index (κ2) is 6.87. The van der Waals surface area contributed by atoms with Crippen LogP contribution in [-0.2, 0) is 14.4 Å². The molecule has 0 unspecified atom stereocenters. The Hall–Kier alpha value is -3.81. The van der Waals surface area contributed by atoms with E-state index in [1.165, 1.54) is 14.2 Å². The van der Waals surface area contributed by atoms with Crippen LogP contribution in [0.2, 0.25) is 0 Å². The molecule has 3 aliphatic rings. The second-order valence-corrected chi connectivity index (χ2v) is 7.79. The number of anilines is 1. The average molecular weight is 419 g/mol. The van der Waals surface area contributed by atoms with Crippen LogP contribution < -0.4 is 20.1 Å². The molecule has 2 fully saturated rings. The number of amides is 3. The Morgan fingerprint density at radius 2 is 1.74 bits per heavy atom. The number of fused-ring (bicyclic) bond motifs is 5. The van der Waals surface area contributed by atoms with Gasteiger partial charge in [-0.1, -0.05) is 24.3 Å². The molecule has 8 nitrogen and oxygen atoms in total. The van der Waals surface area contributed by atoms with Gasteiger partial charge in [0.25, 0.3) is 0 Å². The van der Waals surface area contributed by atoms with Crippen LogP contribution in [0, 0.1) is 11.8 Å².